The van der Waals surface area contributed by atoms with E-state index >= 15 is 0 Å². The largest absolute Gasteiger partial charge is 0.330 e. The molecule has 31 heavy (non-hydrogen) atoms. The summed E-state index contributed by atoms with van der Waals surface area (Å²) in [6.07, 6.45) is 2.29. The van der Waals surface area contributed by atoms with E-state index in [0.29, 0.717) is 42.2 Å². The quantitative estimate of drug-likeness (QED) is 0.478. The third-order valence-electron chi connectivity index (χ3n) is 4.97. The molecule has 3 rings (SSSR count). The van der Waals surface area contributed by atoms with Crippen molar-refractivity contribution in [2.24, 2.45) is 5.92 Å². The molecule has 2 aromatic heterocycles. The van der Waals surface area contributed by atoms with E-state index in [2.05, 4.69) is 45.1 Å². The zero-order valence-electron chi connectivity index (χ0n) is 18.1. The number of rotatable bonds is 9. The number of imidazole rings is 1. The average molecular weight is 490 g/mol. The summed E-state index contributed by atoms with van der Waals surface area (Å²) < 4.78 is 4.19. The van der Waals surface area contributed by atoms with Crippen LogP contribution in [0, 0.1) is 5.92 Å². The van der Waals surface area contributed by atoms with Gasteiger partial charge in [-0.2, -0.15) is 0 Å². The predicted molar refractivity (Wildman–Crippen MR) is 125 cm³/mol. The van der Waals surface area contributed by atoms with Crippen LogP contribution in [0.2, 0.25) is 0 Å². The number of aryl methyl sites for hydroxylation is 2. The number of hydrogen-bond donors (Lipinski definition) is 2. The summed E-state index contributed by atoms with van der Waals surface area (Å²) in [5, 5.41) is 2.89. The number of unbranched alkanes of at least 4 members (excludes halogenated alkanes) is 1. The maximum Gasteiger partial charge on any atom is 0.330 e. The van der Waals surface area contributed by atoms with Gasteiger partial charge >= 0.3 is 5.69 Å². The first kappa shape index (κ1) is 23.0. The molecule has 0 saturated carbocycles. The molecule has 8 nitrogen and oxygen atoms in total. The molecule has 0 bridgehead atoms. The minimum Gasteiger partial charge on any atom is -0.325 e. The van der Waals surface area contributed by atoms with Crippen molar-refractivity contribution in [3.63, 3.8) is 0 Å². The van der Waals surface area contributed by atoms with Crippen molar-refractivity contribution in [3.8, 4) is 0 Å². The number of H-pyrrole nitrogens is 1. The smallest absolute Gasteiger partial charge is 0.325 e. The van der Waals surface area contributed by atoms with Crippen molar-refractivity contribution in [1.29, 1.82) is 0 Å². The Kier molecular flexibility index (Phi) is 7.48. The van der Waals surface area contributed by atoms with Crippen LogP contribution in [0.25, 0.3) is 11.2 Å². The number of nitrogens with one attached hydrogen (secondary N) is 2. The number of carbonyl (C=O) groups excluding carboxylic acids is 1. The van der Waals surface area contributed by atoms with E-state index in [9.17, 15) is 14.4 Å². The molecule has 3 aromatic rings. The molecule has 0 unspecified atom stereocenters. The molecule has 0 aliphatic heterocycles. The minimum atomic E-state index is -0.446. The highest BCUT2D eigenvalue weighted by Crippen LogP contribution is 2.22. The van der Waals surface area contributed by atoms with E-state index in [1.165, 1.54) is 4.57 Å². The minimum absolute atomic E-state index is 0.146. The van der Waals surface area contributed by atoms with Crippen LogP contribution in [0.3, 0.4) is 0 Å². The Morgan fingerprint density at radius 3 is 2.65 bits per heavy atom. The van der Waals surface area contributed by atoms with Crippen molar-refractivity contribution >= 4 is 38.7 Å². The summed E-state index contributed by atoms with van der Waals surface area (Å²) in [7, 11) is 0. The van der Waals surface area contributed by atoms with Crippen LogP contribution in [-0.2, 0) is 24.3 Å². The third kappa shape index (κ3) is 5.33. The van der Waals surface area contributed by atoms with Crippen molar-refractivity contribution < 1.29 is 4.79 Å². The van der Waals surface area contributed by atoms with E-state index in [0.717, 1.165) is 17.3 Å². The van der Waals surface area contributed by atoms with Gasteiger partial charge in [0.2, 0.25) is 5.91 Å². The van der Waals surface area contributed by atoms with Crippen molar-refractivity contribution in [3.05, 3.63) is 55.4 Å². The zero-order chi connectivity index (χ0) is 22.5. The average Bonchev–Trinajstić information content (AvgIpc) is 3.06. The van der Waals surface area contributed by atoms with Gasteiger partial charge in [0.15, 0.2) is 11.2 Å². The Labute approximate surface area is 188 Å². The van der Waals surface area contributed by atoms with Crippen LogP contribution < -0.4 is 16.6 Å². The summed E-state index contributed by atoms with van der Waals surface area (Å²) in [4.78, 5) is 44.6. The number of anilines is 1. The molecular weight excluding hydrogens is 462 g/mol. The summed E-state index contributed by atoms with van der Waals surface area (Å²) in [6, 6.07) is 7.41. The number of fused-ring (bicyclic) bond motifs is 1. The fraction of sp³-hybridized carbons (Fsp3) is 0.455. The fourth-order valence-electron chi connectivity index (χ4n) is 3.49. The van der Waals surface area contributed by atoms with Crippen LogP contribution in [-0.4, -0.2) is 25.0 Å². The summed E-state index contributed by atoms with van der Waals surface area (Å²) in [5.41, 5.74) is 0.603. The third-order valence-corrected chi connectivity index (χ3v) is 5.66. The second-order valence-corrected chi connectivity index (χ2v) is 8.85. The van der Waals surface area contributed by atoms with E-state index < -0.39 is 11.2 Å². The number of amides is 1. The molecular formula is C22H28BrN5O3. The molecule has 0 atom stereocenters. The van der Waals surface area contributed by atoms with Gasteiger partial charge in [0.25, 0.3) is 5.56 Å². The lowest BCUT2D eigenvalue weighted by Crippen LogP contribution is -2.31. The summed E-state index contributed by atoms with van der Waals surface area (Å²) >= 11 is 3.42. The normalized spacial score (nSPS) is 11.4. The van der Waals surface area contributed by atoms with E-state index in [1.54, 1.807) is 0 Å². The molecule has 0 spiro atoms. The Hall–Kier alpha value is -2.68. The number of carbonyl (C=O) groups is 1. The van der Waals surface area contributed by atoms with Gasteiger partial charge in [0, 0.05) is 30.4 Å². The van der Waals surface area contributed by atoms with Crippen molar-refractivity contribution in [1.82, 2.24) is 19.1 Å². The highest BCUT2D eigenvalue weighted by Gasteiger charge is 2.20. The SMILES string of the molecule is CCCCn1c(=O)[nH]c(=O)c2c1nc(CCC(=O)Nc1ccccc1Br)n2CC(C)C. The molecule has 0 aliphatic carbocycles. The van der Waals surface area contributed by atoms with E-state index in [4.69, 9.17) is 0 Å². The molecule has 0 fully saturated rings. The van der Waals surface area contributed by atoms with Gasteiger partial charge in [-0.3, -0.25) is 19.1 Å². The van der Waals surface area contributed by atoms with Crippen molar-refractivity contribution in [2.75, 3.05) is 5.32 Å². The number of halogens is 1. The number of aromatic nitrogens is 4. The van der Waals surface area contributed by atoms with Gasteiger partial charge < -0.3 is 9.88 Å². The lowest BCUT2D eigenvalue weighted by molar-refractivity contribution is -0.116. The lowest BCUT2D eigenvalue weighted by Gasteiger charge is -2.12. The summed E-state index contributed by atoms with van der Waals surface area (Å²) in [6.45, 7) is 7.21. The van der Waals surface area contributed by atoms with Crippen LogP contribution in [0.15, 0.2) is 38.3 Å². The second-order valence-electron chi connectivity index (χ2n) is 8.00. The molecule has 0 aliphatic rings. The first-order valence-corrected chi connectivity index (χ1v) is 11.4. The number of para-hydroxylation sites is 1. The molecule has 0 saturated heterocycles. The molecule has 0 radical (unpaired) electrons. The highest BCUT2D eigenvalue weighted by atomic mass is 79.9. The first-order chi connectivity index (χ1) is 14.8. The molecule has 1 amide bonds. The van der Waals surface area contributed by atoms with Crippen molar-refractivity contribution in [2.45, 2.75) is 59.5 Å². The van der Waals surface area contributed by atoms with Gasteiger partial charge in [-0.1, -0.05) is 39.3 Å². The molecule has 1 aromatic carbocycles. The standard InChI is InChI=1S/C22H28BrN5O3/c1-4-5-12-27-20-19(21(30)26-22(27)31)28(13-14(2)3)17(25-20)10-11-18(29)24-16-9-7-6-8-15(16)23/h6-9,14H,4-5,10-13H2,1-3H3,(H,24,29)(H,26,30,31). The van der Waals surface area contributed by atoms with Gasteiger partial charge in [-0.25, -0.2) is 9.78 Å². The van der Waals surface area contributed by atoms with Gasteiger partial charge in [-0.15, -0.1) is 0 Å². The molecule has 9 heteroatoms. The number of benzene rings is 1. The lowest BCUT2D eigenvalue weighted by atomic mass is 10.2. The van der Waals surface area contributed by atoms with E-state index in [-0.39, 0.29) is 18.2 Å². The monoisotopic (exact) mass is 489 g/mol. The van der Waals surface area contributed by atoms with Crippen LogP contribution >= 0.6 is 15.9 Å². The molecule has 2 heterocycles. The predicted octanol–water partition coefficient (Wildman–Crippen LogP) is 3.68. The number of nitrogens with zero attached hydrogens (tertiary/aromatic N) is 3. The van der Waals surface area contributed by atoms with Crippen LogP contribution in [0.5, 0.6) is 0 Å². The first-order valence-electron chi connectivity index (χ1n) is 10.6. The van der Waals surface area contributed by atoms with Crippen LogP contribution in [0.4, 0.5) is 5.69 Å². The Morgan fingerprint density at radius 2 is 1.97 bits per heavy atom. The van der Waals surface area contributed by atoms with Gasteiger partial charge in [-0.05, 0) is 40.4 Å². The molecule has 2 N–H and O–H groups in total. The number of aromatic amines is 1. The van der Waals surface area contributed by atoms with E-state index in [1.807, 2.05) is 35.8 Å². The Morgan fingerprint density at radius 1 is 1.23 bits per heavy atom. The topological polar surface area (TPSA) is 102 Å². The Bertz CT molecular complexity index is 1190. The van der Waals surface area contributed by atoms with Gasteiger partial charge in [0.05, 0.1) is 5.69 Å². The zero-order valence-corrected chi connectivity index (χ0v) is 19.7. The Balaban J connectivity index is 1.94. The highest BCUT2D eigenvalue weighted by molar-refractivity contribution is 9.10. The maximum absolute atomic E-state index is 12.6. The molecule has 166 valence electrons. The fourth-order valence-corrected chi connectivity index (χ4v) is 3.88. The van der Waals surface area contributed by atoms with Crippen LogP contribution in [0.1, 0.15) is 45.9 Å². The second kappa shape index (κ2) is 10.1. The van der Waals surface area contributed by atoms with Gasteiger partial charge in [0.1, 0.15) is 5.82 Å². The summed E-state index contributed by atoms with van der Waals surface area (Å²) in [5.74, 6) is 0.750. The number of hydrogen-bond acceptors (Lipinski definition) is 4. The maximum atomic E-state index is 12.6.